The van der Waals surface area contributed by atoms with Crippen molar-refractivity contribution in [2.24, 2.45) is 0 Å². The van der Waals surface area contributed by atoms with Crippen molar-refractivity contribution in [3.8, 4) is 23.6 Å². The van der Waals surface area contributed by atoms with Crippen LogP contribution in [0.1, 0.15) is 31.5 Å². The van der Waals surface area contributed by atoms with Gasteiger partial charge >= 0.3 is 0 Å². The molecule has 0 saturated carbocycles. The van der Waals surface area contributed by atoms with Crippen LogP contribution in [0.15, 0.2) is 17.7 Å². The molecule has 0 amide bonds. The van der Waals surface area contributed by atoms with Gasteiger partial charge < -0.3 is 9.47 Å². The molecule has 1 aliphatic carbocycles. The number of ether oxygens (including phenoxy) is 2. The molecule has 0 aliphatic heterocycles. The molecular formula is C14H16N2O2. The van der Waals surface area contributed by atoms with Crippen molar-refractivity contribution < 1.29 is 9.47 Å². The van der Waals surface area contributed by atoms with Gasteiger partial charge in [0.15, 0.2) is 0 Å². The van der Waals surface area contributed by atoms with Crippen LogP contribution in [0.5, 0.6) is 11.8 Å². The Kier molecular flexibility index (Phi) is 4.19. The van der Waals surface area contributed by atoms with Crippen LogP contribution < -0.4 is 9.47 Å². The third-order valence-corrected chi connectivity index (χ3v) is 2.72. The number of allylic oxidation sites excluding steroid dienone is 2. The van der Waals surface area contributed by atoms with E-state index in [9.17, 15) is 0 Å². The normalized spacial score (nSPS) is 14.2. The first-order valence-corrected chi connectivity index (χ1v) is 6.00. The van der Waals surface area contributed by atoms with Crippen LogP contribution in [-0.2, 0) is 0 Å². The fourth-order valence-corrected chi connectivity index (χ4v) is 1.76. The molecule has 0 atom stereocenters. The van der Waals surface area contributed by atoms with E-state index in [1.807, 2.05) is 0 Å². The highest BCUT2D eigenvalue weighted by molar-refractivity contribution is 5.37. The first-order chi connectivity index (χ1) is 8.81. The Labute approximate surface area is 107 Å². The summed E-state index contributed by atoms with van der Waals surface area (Å²) in [6.07, 6.45) is 6.83. The van der Waals surface area contributed by atoms with Crippen molar-refractivity contribution in [3.05, 3.63) is 23.5 Å². The van der Waals surface area contributed by atoms with Crippen molar-refractivity contribution in [3.63, 3.8) is 0 Å². The average Bonchev–Trinajstić information content (AvgIpc) is 2.45. The van der Waals surface area contributed by atoms with E-state index in [2.05, 4.69) is 27.9 Å². The zero-order valence-electron chi connectivity index (χ0n) is 10.7. The van der Waals surface area contributed by atoms with Gasteiger partial charge in [-0.25, -0.2) is 0 Å². The topological polar surface area (TPSA) is 44.2 Å². The van der Waals surface area contributed by atoms with E-state index in [-0.39, 0.29) is 0 Å². The quantitative estimate of drug-likeness (QED) is 0.749. The Morgan fingerprint density at radius 3 is 2.33 bits per heavy atom. The standard InChI is InChI=1S/C14H16N2O2/c1-17-13-10-14(18-2)16-12(15-13)9-8-11-6-4-3-5-7-11/h6,10H,3-5,7H2,1-2H3. The van der Waals surface area contributed by atoms with Gasteiger partial charge in [0.25, 0.3) is 0 Å². The molecule has 94 valence electrons. The van der Waals surface area contributed by atoms with Crippen molar-refractivity contribution in [1.29, 1.82) is 0 Å². The van der Waals surface area contributed by atoms with Crippen molar-refractivity contribution in [2.45, 2.75) is 25.7 Å². The van der Waals surface area contributed by atoms with E-state index in [0.29, 0.717) is 17.6 Å². The van der Waals surface area contributed by atoms with Gasteiger partial charge in [0.2, 0.25) is 17.6 Å². The van der Waals surface area contributed by atoms with E-state index in [4.69, 9.17) is 9.47 Å². The fraction of sp³-hybridized carbons (Fsp3) is 0.429. The summed E-state index contributed by atoms with van der Waals surface area (Å²) < 4.78 is 10.2. The minimum atomic E-state index is 0.428. The van der Waals surface area contributed by atoms with E-state index in [1.165, 1.54) is 18.4 Å². The predicted octanol–water partition coefficient (Wildman–Crippen LogP) is 2.35. The number of hydrogen-bond donors (Lipinski definition) is 0. The first kappa shape index (κ1) is 12.4. The number of hydrogen-bond acceptors (Lipinski definition) is 4. The fourth-order valence-electron chi connectivity index (χ4n) is 1.76. The predicted molar refractivity (Wildman–Crippen MR) is 68.6 cm³/mol. The minimum absolute atomic E-state index is 0.428. The highest BCUT2D eigenvalue weighted by Crippen LogP contribution is 2.17. The molecule has 0 N–H and O–H groups in total. The lowest BCUT2D eigenvalue weighted by Crippen LogP contribution is -1.97. The molecule has 0 spiro atoms. The molecule has 0 fully saturated rings. The lowest BCUT2D eigenvalue weighted by Gasteiger charge is -2.05. The molecular weight excluding hydrogens is 228 g/mol. The van der Waals surface area contributed by atoms with Gasteiger partial charge in [-0.1, -0.05) is 12.0 Å². The van der Waals surface area contributed by atoms with E-state index >= 15 is 0 Å². The molecule has 0 radical (unpaired) electrons. The lowest BCUT2D eigenvalue weighted by atomic mass is 10.0. The molecule has 1 heterocycles. The number of nitrogens with zero attached hydrogens (tertiary/aromatic N) is 2. The summed E-state index contributed by atoms with van der Waals surface area (Å²) in [5, 5.41) is 0. The van der Waals surface area contributed by atoms with Crippen LogP contribution in [-0.4, -0.2) is 24.2 Å². The minimum Gasteiger partial charge on any atom is -0.481 e. The maximum atomic E-state index is 5.08. The molecule has 1 aliphatic rings. The van der Waals surface area contributed by atoms with Crippen molar-refractivity contribution >= 4 is 0 Å². The smallest absolute Gasteiger partial charge is 0.221 e. The van der Waals surface area contributed by atoms with E-state index in [1.54, 1.807) is 20.3 Å². The average molecular weight is 244 g/mol. The largest absolute Gasteiger partial charge is 0.481 e. The van der Waals surface area contributed by atoms with E-state index in [0.717, 1.165) is 12.8 Å². The highest BCUT2D eigenvalue weighted by atomic mass is 16.5. The molecule has 4 nitrogen and oxygen atoms in total. The second-order valence-electron chi connectivity index (χ2n) is 4.00. The Hall–Kier alpha value is -2.02. The Morgan fingerprint density at radius 1 is 1.06 bits per heavy atom. The van der Waals surface area contributed by atoms with Gasteiger partial charge in [0.1, 0.15) is 0 Å². The Bertz CT molecular complexity index is 490. The molecule has 0 saturated heterocycles. The summed E-state index contributed by atoms with van der Waals surface area (Å²) in [5.74, 6) is 7.43. The van der Waals surface area contributed by atoms with Gasteiger partial charge in [0, 0.05) is 0 Å². The number of methoxy groups -OCH3 is 2. The molecule has 2 rings (SSSR count). The highest BCUT2D eigenvalue weighted by Gasteiger charge is 2.04. The van der Waals surface area contributed by atoms with Gasteiger partial charge in [-0.3, -0.25) is 0 Å². The summed E-state index contributed by atoms with van der Waals surface area (Å²) >= 11 is 0. The number of aromatic nitrogens is 2. The van der Waals surface area contributed by atoms with Crippen molar-refractivity contribution in [2.75, 3.05) is 14.2 Å². The maximum Gasteiger partial charge on any atom is 0.221 e. The SMILES string of the molecule is COc1cc(OC)nc(C#CC2=CCCCC2)n1. The third kappa shape index (κ3) is 3.24. The third-order valence-electron chi connectivity index (χ3n) is 2.72. The van der Waals surface area contributed by atoms with Crippen LogP contribution in [0.25, 0.3) is 0 Å². The van der Waals surface area contributed by atoms with E-state index < -0.39 is 0 Å². The maximum absolute atomic E-state index is 5.08. The summed E-state index contributed by atoms with van der Waals surface area (Å²) in [6.45, 7) is 0. The second-order valence-corrected chi connectivity index (χ2v) is 4.00. The molecule has 1 aromatic heterocycles. The molecule has 4 heteroatoms. The summed E-state index contributed by atoms with van der Waals surface area (Å²) in [7, 11) is 3.12. The van der Waals surface area contributed by atoms with Gasteiger partial charge in [0.05, 0.1) is 20.3 Å². The molecule has 0 unspecified atom stereocenters. The summed E-state index contributed by atoms with van der Waals surface area (Å²) in [5.41, 5.74) is 1.17. The van der Waals surface area contributed by atoms with Crippen LogP contribution in [0.2, 0.25) is 0 Å². The first-order valence-electron chi connectivity index (χ1n) is 6.00. The molecule has 0 aromatic carbocycles. The zero-order chi connectivity index (χ0) is 12.8. The van der Waals surface area contributed by atoms with Crippen LogP contribution in [0.4, 0.5) is 0 Å². The van der Waals surface area contributed by atoms with Crippen LogP contribution >= 0.6 is 0 Å². The van der Waals surface area contributed by atoms with Gasteiger partial charge in [-0.15, -0.1) is 0 Å². The van der Waals surface area contributed by atoms with Crippen LogP contribution in [0, 0.1) is 11.8 Å². The zero-order valence-corrected chi connectivity index (χ0v) is 10.7. The van der Waals surface area contributed by atoms with Gasteiger partial charge in [-0.05, 0) is 37.2 Å². The Balaban J connectivity index is 2.22. The molecule has 1 aromatic rings. The monoisotopic (exact) mass is 244 g/mol. The van der Waals surface area contributed by atoms with Crippen LogP contribution in [0.3, 0.4) is 0 Å². The lowest BCUT2D eigenvalue weighted by molar-refractivity contribution is 0.371. The second kappa shape index (κ2) is 6.06. The summed E-state index contributed by atoms with van der Waals surface area (Å²) in [6, 6.07) is 1.63. The number of rotatable bonds is 2. The Morgan fingerprint density at radius 2 is 1.78 bits per heavy atom. The molecule has 18 heavy (non-hydrogen) atoms. The molecule has 0 bridgehead atoms. The summed E-state index contributed by atoms with van der Waals surface area (Å²) in [4.78, 5) is 8.34. The van der Waals surface area contributed by atoms with Gasteiger partial charge in [-0.2, -0.15) is 9.97 Å². The van der Waals surface area contributed by atoms with Crippen molar-refractivity contribution in [1.82, 2.24) is 9.97 Å².